The molecule has 6 nitrogen and oxygen atoms in total. The fraction of sp³-hybridized carbons (Fsp3) is 0.727. The van der Waals surface area contributed by atoms with Gasteiger partial charge in [-0.1, -0.05) is 6.92 Å². The first-order valence-corrected chi connectivity index (χ1v) is 5.63. The monoisotopic (exact) mass is 243 g/mol. The van der Waals surface area contributed by atoms with Gasteiger partial charge in [-0.05, 0) is 19.8 Å². The number of carbonyl (C=O) groups excluding carboxylic acids is 3. The van der Waals surface area contributed by atoms with E-state index in [-0.39, 0.29) is 25.9 Å². The van der Waals surface area contributed by atoms with Crippen molar-refractivity contribution in [1.29, 1.82) is 0 Å². The highest BCUT2D eigenvalue weighted by Gasteiger charge is 2.39. The molecular formula is C11H17NO5. The first-order valence-electron chi connectivity index (χ1n) is 5.63. The van der Waals surface area contributed by atoms with Gasteiger partial charge in [0.1, 0.15) is 0 Å². The Labute approximate surface area is 99.5 Å². The van der Waals surface area contributed by atoms with Crippen LogP contribution in [0.4, 0.5) is 0 Å². The molecule has 0 spiro atoms. The van der Waals surface area contributed by atoms with Gasteiger partial charge < -0.3 is 9.94 Å². The molecule has 1 aliphatic heterocycles. The van der Waals surface area contributed by atoms with Crippen LogP contribution in [0, 0.1) is 5.41 Å². The van der Waals surface area contributed by atoms with Crippen LogP contribution < -0.4 is 0 Å². The number of hydroxylamine groups is 2. The Bertz CT molecular complexity index is 325. The molecule has 1 aliphatic rings. The number of rotatable bonds is 5. The van der Waals surface area contributed by atoms with Crippen LogP contribution in [-0.4, -0.2) is 34.6 Å². The van der Waals surface area contributed by atoms with Gasteiger partial charge >= 0.3 is 5.97 Å². The summed E-state index contributed by atoms with van der Waals surface area (Å²) in [4.78, 5) is 39.2. The average Bonchev–Trinajstić information content (AvgIpc) is 2.60. The predicted octanol–water partition coefficient (Wildman–Crippen LogP) is 0.392. The summed E-state index contributed by atoms with van der Waals surface area (Å²) >= 11 is 0. The number of amides is 2. The van der Waals surface area contributed by atoms with E-state index < -0.39 is 23.2 Å². The maximum Gasteiger partial charge on any atom is 0.339 e. The molecule has 1 rings (SSSR count). The molecule has 1 saturated heterocycles. The Morgan fingerprint density at radius 3 is 2.35 bits per heavy atom. The van der Waals surface area contributed by atoms with E-state index in [0.29, 0.717) is 11.5 Å². The molecule has 1 heterocycles. The molecule has 96 valence electrons. The fourth-order valence-corrected chi connectivity index (χ4v) is 1.52. The lowest BCUT2D eigenvalue weighted by atomic mass is 9.84. The zero-order chi connectivity index (χ0) is 13.1. The van der Waals surface area contributed by atoms with Crippen LogP contribution in [0.15, 0.2) is 0 Å². The molecule has 17 heavy (non-hydrogen) atoms. The fourth-order valence-electron chi connectivity index (χ4n) is 1.52. The van der Waals surface area contributed by atoms with Gasteiger partial charge in [0, 0.05) is 19.4 Å². The van der Waals surface area contributed by atoms with Crippen LogP contribution in [0.3, 0.4) is 0 Å². The first-order chi connectivity index (χ1) is 7.94. The van der Waals surface area contributed by atoms with Crippen molar-refractivity contribution in [2.75, 3.05) is 6.61 Å². The van der Waals surface area contributed by atoms with E-state index in [2.05, 4.69) is 0 Å². The van der Waals surface area contributed by atoms with Gasteiger partial charge in [-0.25, -0.2) is 4.79 Å². The normalized spacial score (nSPS) is 19.4. The molecule has 0 bridgehead atoms. The Kier molecular flexibility index (Phi) is 4.22. The van der Waals surface area contributed by atoms with Crippen molar-refractivity contribution in [2.45, 2.75) is 39.5 Å². The summed E-state index contributed by atoms with van der Waals surface area (Å²) in [5.41, 5.74) is -0.877. The molecule has 1 atom stereocenters. The minimum absolute atomic E-state index is 0.0783. The Balaban J connectivity index is 2.70. The lowest BCUT2D eigenvalue weighted by Crippen LogP contribution is -2.39. The summed E-state index contributed by atoms with van der Waals surface area (Å²) in [6.45, 7) is 3.27. The molecule has 2 amide bonds. The van der Waals surface area contributed by atoms with Crippen molar-refractivity contribution in [1.82, 2.24) is 5.06 Å². The van der Waals surface area contributed by atoms with E-state index in [0.717, 1.165) is 0 Å². The quantitative estimate of drug-likeness (QED) is 0.706. The second-order valence-corrected chi connectivity index (χ2v) is 4.35. The van der Waals surface area contributed by atoms with E-state index in [1.807, 2.05) is 0 Å². The minimum Gasteiger partial charge on any atom is -0.396 e. The molecule has 6 heteroatoms. The summed E-state index contributed by atoms with van der Waals surface area (Å²) in [5.74, 6) is -1.64. The van der Waals surface area contributed by atoms with Crippen LogP contribution in [0.2, 0.25) is 0 Å². The summed E-state index contributed by atoms with van der Waals surface area (Å²) in [5, 5.41) is 9.43. The summed E-state index contributed by atoms with van der Waals surface area (Å²) < 4.78 is 0. The smallest absolute Gasteiger partial charge is 0.339 e. The molecule has 0 aromatic heterocycles. The second kappa shape index (κ2) is 5.27. The van der Waals surface area contributed by atoms with Crippen molar-refractivity contribution in [3.8, 4) is 0 Å². The van der Waals surface area contributed by atoms with Gasteiger partial charge in [-0.3, -0.25) is 9.59 Å². The predicted molar refractivity (Wildman–Crippen MR) is 57.3 cm³/mol. The van der Waals surface area contributed by atoms with E-state index in [9.17, 15) is 14.4 Å². The van der Waals surface area contributed by atoms with Crippen LogP contribution in [0.5, 0.6) is 0 Å². The second-order valence-electron chi connectivity index (χ2n) is 4.35. The van der Waals surface area contributed by atoms with Crippen molar-refractivity contribution >= 4 is 17.8 Å². The Morgan fingerprint density at radius 1 is 1.41 bits per heavy atom. The van der Waals surface area contributed by atoms with Crippen LogP contribution in [0.1, 0.15) is 39.5 Å². The van der Waals surface area contributed by atoms with Crippen molar-refractivity contribution in [3.63, 3.8) is 0 Å². The van der Waals surface area contributed by atoms with E-state index >= 15 is 0 Å². The van der Waals surface area contributed by atoms with Crippen molar-refractivity contribution in [3.05, 3.63) is 0 Å². The molecule has 0 saturated carbocycles. The number of nitrogens with zero attached hydrogens (tertiary/aromatic N) is 1. The number of aliphatic hydroxyl groups excluding tert-OH is 1. The molecule has 0 aliphatic carbocycles. The minimum atomic E-state index is -0.877. The van der Waals surface area contributed by atoms with Gasteiger partial charge in [0.15, 0.2) is 0 Å². The molecular weight excluding hydrogens is 226 g/mol. The highest BCUT2D eigenvalue weighted by atomic mass is 16.7. The van der Waals surface area contributed by atoms with Crippen molar-refractivity contribution < 1.29 is 24.3 Å². The number of hydrogen-bond donors (Lipinski definition) is 1. The molecule has 0 radical (unpaired) electrons. The third-order valence-electron chi connectivity index (χ3n) is 3.12. The molecule has 1 fully saturated rings. The van der Waals surface area contributed by atoms with E-state index in [4.69, 9.17) is 9.94 Å². The summed E-state index contributed by atoms with van der Waals surface area (Å²) in [6.07, 6.45) is 0.852. The summed E-state index contributed by atoms with van der Waals surface area (Å²) in [7, 11) is 0. The lowest BCUT2D eigenvalue weighted by Gasteiger charge is -2.26. The number of hydrogen-bond acceptors (Lipinski definition) is 5. The number of aliphatic hydroxyl groups is 1. The zero-order valence-corrected chi connectivity index (χ0v) is 10.1. The SMILES string of the molecule is CCC(C)(CCO)C(=O)ON1C(=O)CCC1=O. The van der Waals surface area contributed by atoms with Gasteiger partial charge in [0.2, 0.25) is 0 Å². The Morgan fingerprint density at radius 2 is 1.94 bits per heavy atom. The third kappa shape index (κ3) is 2.82. The third-order valence-corrected chi connectivity index (χ3v) is 3.12. The van der Waals surface area contributed by atoms with Gasteiger partial charge in [0.05, 0.1) is 5.41 Å². The maximum atomic E-state index is 11.9. The first kappa shape index (κ1) is 13.6. The number of imide groups is 1. The molecule has 0 aromatic carbocycles. The highest BCUT2D eigenvalue weighted by Crippen LogP contribution is 2.28. The van der Waals surface area contributed by atoms with Gasteiger partial charge in [0.25, 0.3) is 11.8 Å². The largest absolute Gasteiger partial charge is 0.396 e. The van der Waals surface area contributed by atoms with Gasteiger partial charge in [-0.15, -0.1) is 5.06 Å². The molecule has 0 aromatic rings. The molecule has 1 unspecified atom stereocenters. The van der Waals surface area contributed by atoms with Gasteiger partial charge in [-0.2, -0.15) is 0 Å². The van der Waals surface area contributed by atoms with Crippen LogP contribution >= 0.6 is 0 Å². The summed E-state index contributed by atoms with van der Waals surface area (Å²) in [6, 6.07) is 0. The van der Waals surface area contributed by atoms with Crippen LogP contribution in [-0.2, 0) is 19.2 Å². The zero-order valence-electron chi connectivity index (χ0n) is 10.1. The lowest BCUT2D eigenvalue weighted by molar-refractivity contribution is -0.205. The Hall–Kier alpha value is -1.43. The van der Waals surface area contributed by atoms with Crippen LogP contribution in [0.25, 0.3) is 0 Å². The topological polar surface area (TPSA) is 83.9 Å². The highest BCUT2D eigenvalue weighted by molar-refractivity contribution is 6.01. The van der Waals surface area contributed by atoms with E-state index in [1.165, 1.54) is 0 Å². The standard InChI is InChI=1S/C11H17NO5/c1-3-11(2,6-7-13)10(16)17-12-8(14)4-5-9(12)15/h13H,3-7H2,1-2H3. The number of carbonyl (C=O) groups is 3. The maximum absolute atomic E-state index is 11.9. The molecule has 1 N–H and O–H groups in total. The van der Waals surface area contributed by atoms with E-state index in [1.54, 1.807) is 13.8 Å². The van der Waals surface area contributed by atoms with Crippen molar-refractivity contribution in [2.24, 2.45) is 5.41 Å². The average molecular weight is 243 g/mol.